The maximum Gasteiger partial charge on any atom is 0.283 e. The molecule has 6 aromatic rings. The van der Waals surface area contributed by atoms with Crippen molar-refractivity contribution in [3.05, 3.63) is 87.3 Å². The number of aromatic nitrogens is 3. The van der Waals surface area contributed by atoms with Gasteiger partial charge in [-0.1, -0.05) is 60.2 Å². The first-order valence-corrected chi connectivity index (χ1v) is 11.3. The number of benzene rings is 2. The van der Waals surface area contributed by atoms with Crippen molar-refractivity contribution in [2.45, 2.75) is 6.92 Å². The molecule has 0 bridgehead atoms. The molecule has 0 aliphatic carbocycles. The monoisotopic (exact) mass is 425 g/mol. The number of fused-ring (bicyclic) bond motifs is 4. The van der Waals surface area contributed by atoms with Crippen molar-refractivity contribution in [2.24, 2.45) is 0 Å². The molecule has 0 atom stereocenters. The fourth-order valence-corrected chi connectivity index (χ4v) is 5.58. The minimum atomic E-state index is -0.126. The van der Waals surface area contributed by atoms with Crippen LogP contribution in [0, 0.1) is 6.92 Å². The molecule has 4 nitrogen and oxygen atoms in total. The van der Waals surface area contributed by atoms with Crippen molar-refractivity contribution in [3.63, 3.8) is 0 Å². The summed E-state index contributed by atoms with van der Waals surface area (Å²) in [5, 5.41) is 11.4. The van der Waals surface area contributed by atoms with E-state index in [1.807, 2.05) is 47.2 Å². The zero-order valence-electron chi connectivity index (χ0n) is 16.0. The van der Waals surface area contributed by atoms with E-state index in [9.17, 15) is 4.79 Å². The average molecular weight is 426 g/mol. The Morgan fingerprint density at radius 2 is 1.70 bits per heavy atom. The maximum absolute atomic E-state index is 13.6. The Bertz CT molecular complexity index is 1610. The highest BCUT2D eigenvalue weighted by molar-refractivity contribution is 7.18. The van der Waals surface area contributed by atoms with Crippen LogP contribution < -0.4 is 5.56 Å². The smallest absolute Gasteiger partial charge is 0.267 e. The summed E-state index contributed by atoms with van der Waals surface area (Å²) in [7, 11) is 0. The molecule has 0 radical (unpaired) electrons. The van der Waals surface area contributed by atoms with E-state index in [0.29, 0.717) is 11.0 Å². The van der Waals surface area contributed by atoms with Gasteiger partial charge >= 0.3 is 0 Å². The third-order valence-corrected chi connectivity index (χ3v) is 7.10. The van der Waals surface area contributed by atoms with Crippen LogP contribution in [0.15, 0.2) is 76.2 Å². The van der Waals surface area contributed by atoms with Gasteiger partial charge in [0.1, 0.15) is 4.83 Å². The van der Waals surface area contributed by atoms with Gasteiger partial charge in [0.05, 0.1) is 11.1 Å². The molecule has 30 heavy (non-hydrogen) atoms. The summed E-state index contributed by atoms with van der Waals surface area (Å²) in [5.74, 6) is 0. The lowest BCUT2D eigenvalue weighted by Gasteiger charge is -2.10. The summed E-state index contributed by atoms with van der Waals surface area (Å²) >= 11 is 3.13. The van der Waals surface area contributed by atoms with Crippen LogP contribution in [0.3, 0.4) is 0 Å². The highest BCUT2D eigenvalue weighted by Gasteiger charge is 2.18. The van der Waals surface area contributed by atoms with E-state index >= 15 is 0 Å². The summed E-state index contributed by atoms with van der Waals surface area (Å²) in [5.41, 5.74) is 4.35. The van der Waals surface area contributed by atoms with E-state index in [-0.39, 0.29) is 5.56 Å². The van der Waals surface area contributed by atoms with Gasteiger partial charge in [-0.15, -0.1) is 22.7 Å². The molecule has 0 fully saturated rings. The maximum atomic E-state index is 13.6. The molecule has 0 spiro atoms. The Morgan fingerprint density at radius 3 is 2.47 bits per heavy atom. The van der Waals surface area contributed by atoms with Gasteiger partial charge in [-0.05, 0) is 18.4 Å². The second kappa shape index (κ2) is 6.58. The molecule has 144 valence electrons. The molecule has 0 saturated carbocycles. The van der Waals surface area contributed by atoms with Crippen LogP contribution in [0.25, 0.3) is 48.3 Å². The van der Waals surface area contributed by atoms with Crippen molar-refractivity contribution >= 4 is 49.3 Å². The first-order chi connectivity index (χ1) is 14.7. The van der Waals surface area contributed by atoms with Gasteiger partial charge in [0.25, 0.3) is 5.56 Å². The largest absolute Gasteiger partial charge is 0.283 e. The lowest BCUT2D eigenvalue weighted by Crippen LogP contribution is -2.18. The van der Waals surface area contributed by atoms with Gasteiger partial charge in [-0.2, -0.15) is 9.61 Å². The van der Waals surface area contributed by atoms with E-state index in [2.05, 4.69) is 31.2 Å². The first-order valence-electron chi connectivity index (χ1n) is 9.54. The second-order valence-corrected chi connectivity index (χ2v) is 9.03. The molecule has 0 N–H and O–H groups in total. The zero-order chi connectivity index (χ0) is 20.2. The minimum Gasteiger partial charge on any atom is -0.267 e. The third kappa shape index (κ3) is 2.54. The van der Waals surface area contributed by atoms with Crippen LogP contribution in [0.5, 0.6) is 0 Å². The quantitative estimate of drug-likeness (QED) is 0.312. The lowest BCUT2D eigenvalue weighted by molar-refractivity contribution is 0.899. The molecule has 6 heteroatoms. The van der Waals surface area contributed by atoms with Gasteiger partial charge in [-0.25, -0.2) is 4.98 Å². The summed E-state index contributed by atoms with van der Waals surface area (Å²) < 4.78 is 1.48. The Balaban J connectivity index is 1.77. The summed E-state index contributed by atoms with van der Waals surface area (Å²) in [6, 6.07) is 20.3. The summed E-state index contributed by atoms with van der Waals surface area (Å²) in [6.45, 7) is 2.06. The first kappa shape index (κ1) is 17.5. The minimum absolute atomic E-state index is 0.126. The van der Waals surface area contributed by atoms with Crippen LogP contribution in [-0.4, -0.2) is 14.6 Å². The fraction of sp³-hybridized carbons (Fsp3) is 0.0417. The number of thiophene rings is 2. The fourth-order valence-electron chi connectivity index (χ4n) is 3.83. The molecule has 0 amide bonds. The Kier molecular flexibility index (Phi) is 3.84. The predicted octanol–water partition coefficient (Wildman–Crippen LogP) is 6.16. The Morgan fingerprint density at radius 1 is 0.900 bits per heavy atom. The van der Waals surface area contributed by atoms with Crippen LogP contribution >= 0.6 is 22.7 Å². The van der Waals surface area contributed by atoms with Crippen LogP contribution in [0.4, 0.5) is 0 Å². The predicted molar refractivity (Wildman–Crippen MR) is 126 cm³/mol. The van der Waals surface area contributed by atoms with Crippen molar-refractivity contribution < 1.29 is 0 Å². The summed E-state index contributed by atoms with van der Waals surface area (Å²) in [6.07, 6.45) is 0. The van der Waals surface area contributed by atoms with Crippen molar-refractivity contribution in [1.29, 1.82) is 0 Å². The second-order valence-electron chi connectivity index (χ2n) is 7.22. The highest BCUT2D eigenvalue weighted by Crippen LogP contribution is 2.35. The standard InChI is InChI=1S/C24H15N3OS2/c1-14-8-10-15(11-9-14)21-16-5-2-3-6-17(16)22-25-23-20(24(28)27(22)26-21)18(13-30-23)19-7-4-12-29-19/h2-13H,1H3. The topological polar surface area (TPSA) is 47.3 Å². The van der Waals surface area contributed by atoms with E-state index in [1.54, 1.807) is 11.3 Å². The average Bonchev–Trinajstić information content (AvgIpc) is 3.44. The molecule has 4 aromatic heterocycles. The lowest BCUT2D eigenvalue weighted by atomic mass is 10.0. The molecule has 0 saturated heterocycles. The molecule has 2 aromatic carbocycles. The molecule has 0 aliphatic rings. The van der Waals surface area contributed by atoms with E-state index in [4.69, 9.17) is 10.1 Å². The van der Waals surface area contributed by atoms with Crippen molar-refractivity contribution in [2.75, 3.05) is 0 Å². The molecule has 0 unspecified atom stereocenters. The number of hydrogen-bond donors (Lipinski definition) is 0. The van der Waals surface area contributed by atoms with Crippen molar-refractivity contribution in [1.82, 2.24) is 14.6 Å². The molecule has 4 heterocycles. The van der Waals surface area contributed by atoms with Crippen LogP contribution in [-0.2, 0) is 0 Å². The van der Waals surface area contributed by atoms with E-state index < -0.39 is 0 Å². The molecule has 6 rings (SSSR count). The number of hydrogen-bond acceptors (Lipinski definition) is 5. The summed E-state index contributed by atoms with van der Waals surface area (Å²) in [4.78, 5) is 20.3. The zero-order valence-corrected chi connectivity index (χ0v) is 17.6. The van der Waals surface area contributed by atoms with Crippen LogP contribution in [0.2, 0.25) is 0 Å². The van der Waals surface area contributed by atoms with E-state index in [0.717, 1.165) is 37.3 Å². The molecular formula is C24H15N3OS2. The Hall–Kier alpha value is -3.35. The molecular weight excluding hydrogens is 410 g/mol. The normalized spacial score (nSPS) is 11.6. The van der Waals surface area contributed by atoms with Gasteiger partial charge in [0.15, 0.2) is 5.65 Å². The third-order valence-electron chi connectivity index (χ3n) is 5.32. The van der Waals surface area contributed by atoms with Gasteiger partial charge < -0.3 is 0 Å². The number of nitrogens with zero attached hydrogens (tertiary/aromatic N) is 3. The van der Waals surface area contributed by atoms with Gasteiger partial charge in [-0.3, -0.25) is 4.79 Å². The van der Waals surface area contributed by atoms with Crippen molar-refractivity contribution in [3.8, 4) is 21.7 Å². The Labute approximate surface area is 179 Å². The highest BCUT2D eigenvalue weighted by atomic mass is 32.1. The van der Waals surface area contributed by atoms with Gasteiger partial charge in [0.2, 0.25) is 0 Å². The van der Waals surface area contributed by atoms with Gasteiger partial charge in [0, 0.05) is 32.2 Å². The van der Waals surface area contributed by atoms with Crippen LogP contribution in [0.1, 0.15) is 5.56 Å². The van der Waals surface area contributed by atoms with E-state index in [1.165, 1.54) is 21.4 Å². The number of aryl methyl sites for hydroxylation is 1. The number of rotatable bonds is 2. The SMILES string of the molecule is Cc1ccc(-c2nn3c(=O)c4c(-c5cccs5)csc4nc3c3ccccc23)cc1. The molecule has 0 aliphatic heterocycles.